The molecule has 0 radical (unpaired) electrons. The maximum Gasteiger partial charge on any atom is 0.235 e. The van der Waals surface area contributed by atoms with Gasteiger partial charge < -0.3 is 10.4 Å². The van der Waals surface area contributed by atoms with Crippen LogP contribution in [0.25, 0.3) is 0 Å². The standard InChI is InChI=1S/C8H10N2O2/c1-5-3-7(10-6(2)11)8(12)9-4-5/h3-4H,1-2H3,(H,9,12)(H,10,11). The molecule has 0 fully saturated rings. The van der Waals surface area contributed by atoms with E-state index in [1.54, 1.807) is 6.07 Å². The molecule has 0 aromatic carbocycles. The predicted octanol–water partition coefficient (Wildman–Crippen LogP) is 1.05. The molecule has 1 aromatic heterocycles. The van der Waals surface area contributed by atoms with Crippen LogP contribution < -0.4 is 5.32 Å². The van der Waals surface area contributed by atoms with Gasteiger partial charge in [0.05, 0.1) is 0 Å². The minimum absolute atomic E-state index is 0.157. The molecule has 2 N–H and O–H groups in total. The molecule has 0 aliphatic heterocycles. The van der Waals surface area contributed by atoms with Crippen molar-refractivity contribution in [1.29, 1.82) is 0 Å². The molecule has 0 atom stereocenters. The largest absolute Gasteiger partial charge is 0.492 e. The molecule has 0 spiro atoms. The molecule has 4 nitrogen and oxygen atoms in total. The molecular weight excluding hydrogens is 156 g/mol. The lowest BCUT2D eigenvalue weighted by Gasteiger charge is -2.03. The lowest BCUT2D eigenvalue weighted by Crippen LogP contribution is -2.06. The van der Waals surface area contributed by atoms with Gasteiger partial charge in [0.2, 0.25) is 11.8 Å². The van der Waals surface area contributed by atoms with Crippen LogP contribution in [0.3, 0.4) is 0 Å². The van der Waals surface area contributed by atoms with Crippen LogP contribution in [0.1, 0.15) is 12.5 Å². The Morgan fingerprint density at radius 1 is 1.67 bits per heavy atom. The van der Waals surface area contributed by atoms with Crippen molar-refractivity contribution in [2.45, 2.75) is 13.8 Å². The van der Waals surface area contributed by atoms with Gasteiger partial charge in [0.25, 0.3) is 0 Å². The first-order chi connectivity index (χ1) is 5.59. The summed E-state index contributed by atoms with van der Waals surface area (Å²) in [6.07, 6.45) is 1.53. The summed E-state index contributed by atoms with van der Waals surface area (Å²) in [4.78, 5) is 14.3. The molecule has 1 aromatic rings. The van der Waals surface area contributed by atoms with Gasteiger partial charge in [-0.2, -0.15) is 0 Å². The van der Waals surface area contributed by atoms with Gasteiger partial charge in [0.1, 0.15) is 5.69 Å². The highest BCUT2D eigenvalue weighted by atomic mass is 16.3. The van der Waals surface area contributed by atoms with Gasteiger partial charge >= 0.3 is 0 Å². The van der Waals surface area contributed by atoms with Gasteiger partial charge in [-0.1, -0.05) is 0 Å². The molecule has 0 aliphatic carbocycles. The molecule has 0 aliphatic rings. The molecule has 4 heteroatoms. The summed E-state index contributed by atoms with van der Waals surface area (Å²) in [6, 6.07) is 1.66. The topological polar surface area (TPSA) is 62.2 Å². The maximum absolute atomic E-state index is 10.6. The number of amides is 1. The van der Waals surface area contributed by atoms with Crippen LogP contribution in [0, 0.1) is 6.92 Å². The number of hydrogen-bond acceptors (Lipinski definition) is 3. The summed E-state index contributed by atoms with van der Waals surface area (Å²) < 4.78 is 0. The number of nitrogens with one attached hydrogen (secondary N) is 1. The Labute approximate surface area is 70.3 Å². The number of nitrogens with zero attached hydrogens (tertiary/aromatic N) is 1. The highest BCUT2D eigenvalue weighted by molar-refractivity contribution is 5.89. The highest BCUT2D eigenvalue weighted by Crippen LogP contribution is 2.19. The highest BCUT2D eigenvalue weighted by Gasteiger charge is 2.02. The summed E-state index contributed by atoms with van der Waals surface area (Å²) in [5, 5.41) is 11.6. The van der Waals surface area contributed by atoms with Crippen LogP contribution in [0.2, 0.25) is 0 Å². The Hall–Kier alpha value is -1.58. The van der Waals surface area contributed by atoms with Crippen LogP contribution in [-0.2, 0) is 4.79 Å². The van der Waals surface area contributed by atoms with E-state index in [9.17, 15) is 4.79 Å². The molecule has 0 saturated carbocycles. The Kier molecular flexibility index (Phi) is 2.28. The Morgan fingerprint density at radius 2 is 2.33 bits per heavy atom. The number of carbonyl (C=O) groups excluding carboxylic acids is 1. The minimum atomic E-state index is -0.224. The van der Waals surface area contributed by atoms with Crippen molar-refractivity contribution in [2.24, 2.45) is 0 Å². The van der Waals surface area contributed by atoms with Gasteiger partial charge in [-0.25, -0.2) is 4.98 Å². The van der Waals surface area contributed by atoms with Crippen LogP contribution in [-0.4, -0.2) is 16.0 Å². The molecular formula is C8H10N2O2. The van der Waals surface area contributed by atoms with E-state index in [2.05, 4.69) is 10.3 Å². The number of hydrogen-bond donors (Lipinski definition) is 2. The monoisotopic (exact) mass is 166 g/mol. The third-order valence-electron chi connectivity index (χ3n) is 1.31. The van der Waals surface area contributed by atoms with Crippen LogP contribution in [0.15, 0.2) is 12.3 Å². The second kappa shape index (κ2) is 3.21. The normalized spacial score (nSPS) is 9.50. The number of aromatic nitrogens is 1. The van der Waals surface area contributed by atoms with Crippen LogP contribution >= 0.6 is 0 Å². The van der Waals surface area contributed by atoms with Crippen molar-refractivity contribution in [1.82, 2.24) is 4.98 Å². The minimum Gasteiger partial charge on any atom is -0.492 e. The van der Waals surface area contributed by atoms with Gasteiger partial charge in [-0.15, -0.1) is 0 Å². The zero-order valence-corrected chi connectivity index (χ0v) is 6.96. The quantitative estimate of drug-likeness (QED) is 0.655. The Balaban J connectivity index is 2.97. The lowest BCUT2D eigenvalue weighted by molar-refractivity contribution is -0.114. The maximum atomic E-state index is 10.6. The van der Waals surface area contributed by atoms with E-state index in [1.807, 2.05) is 6.92 Å². The lowest BCUT2D eigenvalue weighted by atomic mass is 10.3. The fourth-order valence-electron chi connectivity index (χ4n) is 0.844. The summed E-state index contributed by atoms with van der Waals surface area (Å²) in [7, 11) is 0. The zero-order valence-electron chi connectivity index (χ0n) is 6.96. The van der Waals surface area contributed by atoms with Gasteiger partial charge in [-0.3, -0.25) is 4.79 Å². The fourth-order valence-corrected chi connectivity index (χ4v) is 0.844. The number of aromatic hydroxyl groups is 1. The fraction of sp³-hybridized carbons (Fsp3) is 0.250. The van der Waals surface area contributed by atoms with Crippen molar-refractivity contribution in [3.63, 3.8) is 0 Å². The average molecular weight is 166 g/mol. The first-order valence-electron chi connectivity index (χ1n) is 3.53. The first-order valence-corrected chi connectivity index (χ1v) is 3.53. The molecule has 64 valence electrons. The molecule has 0 unspecified atom stereocenters. The molecule has 12 heavy (non-hydrogen) atoms. The smallest absolute Gasteiger partial charge is 0.235 e. The van der Waals surface area contributed by atoms with E-state index in [0.29, 0.717) is 5.69 Å². The summed E-state index contributed by atoms with van der Waals surface area (Å²) in [5.74, 6) is -0.381. The second-order valence-electron chi connectivity index (χ2n) is 2.57. The number of pyridine rings is 1. The van der Waals surface area contributed by atoms with E-state index >= 15 is 0 Å². The van der Waals surface area contributed by atoms with Crippen molar-refractivity contribution in [3.05, 3.63) is 17.8 Å². The first kappa shape index (κ1) is 8.52. The molecule has 1 rings (SSSR count). The Morgan fingerprint density at radius 3 is 2.92 bits per heavy atom. The van der Waals surface area contributed by atoms with E-state index < -0.39 is 0 Å². The van der Waals surface area contributed by atoms with Gasteiger partial charge in [0.15, 0.2) is 0 Å². The average Bonchev–Trinajstić information content (AvgIpc) is 1.96. The second-order valence-corrected chi connectivity index (χ2v) is 2.57. The Bertz CT molecular complexity index is 310. The molecule has 0 saturated heterocycles. The van der Waals surface area contributed by atoms with Crippen molar-refractivity contribution in [2.75, 3.05) is 5.32 Å². The van der Waals surface area contributed by atoms with E-state index in [-0.39, 0.29) is 11.8 Å². The summed E-state index contributed by atoms with van der Waals surface area (Å²) in [6.45, 7) is 3.21. The third-order valence-corrected chi connectivity index (χ3v) is 1.31. The zero-order chi connectivity index (χ0) is 9.14. The third kappa shape index (κ3) is 1.95. The van der Waals surface area contributed by atoms with Gasteiger partial charge in [0, 0.05) is 13.1 Å². The molecule has 0 bridgehead atoms. The van der Waals surface area contributed by atoms with Crippen molar-refractivity contribution in [3.8, 4) is 5.88 Å². The SMILES string of the molecule is CC(=O)Nc1cc(C)cnc1O. The van der Waals surface area contributed by atoms with E-state index in [1.165, 1.54) is 13.1 Å². The van der Waals surface area contributed by atoms with Crippen LogP contribution in [0.4, 0.5) is 5.69 Å². The van der Waals surface area contributed by atoms with E-state index in [0.717, 1.165) is 5.56 Å². The summed E-state index contributed by atoms with van der Waals surface area (Å²) in [5.41, 5.74) is 1.24. The van der Waals surface area contributed by atoms with E-state index in [4.69, 9.17) is 5.11 Å². The summed E-state index contributed by atoms with van der Waals surface area (Å²) >= 11 is 0. The van der Waals surface area contributed by atoms with Crippen LogP contribution in [0.5, 0.6) is 5.88 Å². The number of carbonyl (C=O) groups is 1. The molecule has 1 heterocycles. The molecule has 1 amide bonds. The number of anilines is 1. The van der Waals surface area contributed by atoms with Crippen molar-refractivity contribution >= 4 is 11.6 Å². The van der Waals surface area contributed by atoms with Crippen molar-refractivity contribution < 1.29 is 9.90 Å². The number of aryl methyl sites for hydroxylation is 1. The van der Waals surface area contributed by atoms with Gasteiger partial charge in [-0.05, 0) is 18.6 Å². The predicted molar refractivity (Wildman–Crippen MR) is 44.9 cm³/mol. The number of rotatable bonds is 1.